The summed E-state index contributed by atoms with van der Waals surface area (Å²) >= 11 is 0. The van der Waals surface area contributed by atoms with Crippen LogP contribution in [0.4, 0.5) is 5.69 Å². The first kappa shape index (κ1) is 13.0. The number of carbonyl (C=O) groups excluding carboxylic acids is 2. The van der Waals surface area contributed by atoms with E-state index in [1.54, 1.807) is 21.0 Å². The van der Waals surface area contributed by atoms with Gasteiger partial charge in [0.25, 0.3) is 5.91 Å². The monoisotopic (exact) mass is 239 g/mol. The summed E-state index contributed by atoms with van der Waals surface area (Å²) in [5, 5.41) is 8.98. The lowest BCUT2D eigenvalue weighted by Gasteiger charge is -2.15. The highest BCUT2D eigenvalue weighted by atomic mass is 16.2. The van der Waals surface area contributed by atoms with Gasteiger partial charge in [-0.2, -0.15) is 5.10 Å². The molecule has 0 radical (unpaired) electrons. The summed E-state index contributed by atoms with van der Waals surface area (Å²) < 4.78 is 0. The van der Waals surface area contributed by atoms with Gasteiger partial charge in [0.05, 0.1) is 11.4 Å². The Kier molecular flexibility index (Phi) is 4.08. The average Bonchev–Trinajstić information content (AvgIpc) is 2.65. The predicted octanol–water partition coefficient (Wildman–Crippen LogP) is -0.492. The number of rotatable bonds is 4. The van der Waals surface area contributed by atoms with Crippen LogP contribution in [-0.4, -0.2) is 47.6 Å². The van der Waals surface area contributed by atoms with Gasteiger partial charge in [0.1, 0.15) is 0 Å². The number of aryl methyl sites for hydroxylation is 1. The third kappa shape index (κ3) is 2.96. The zero-order valence-corrected chi connectivity index (χ0v) is 10.2. The molecule has 0 bridgehead atoms. The van der Waals surface area contributed by atoms with Crippen LogP contribution in [0, 0.1) is 6.92 Å². The number of H-pyrrole nitrogens is 1. The lowest BCUT2D eigenvalue weighted by atomic mass is 10.2. The van der Waals surface area contributed by atoms with Crippen molar-refractivity contribution in [3.8, 4) is 0 Å². The van der Waals surface area contributed by atoms with Gasteiger partial charge in [0.15, 0.2) is 5.69 Å². The summed E-state index contributed by atoms with van der Waals surface area (Å²) in [6.07, 6.45) is 0.252. The Morgan fingerprint density at radius 3 is 2.65 bits per heavy atom. The maximum absolute atomic E-state index is 11.9. The topological polar surface area (TPSA) is 104 Å². The van der Waals surface area contributed by atoms with Crippen molar-refractivity contribution >= 4 is 17.5 Å². The molecule has 0 fully saturated rings. The number of amides is 2. The highest BCUT2D eigenvalue weighted by Crippen LogP contribution is 2.14. The molecule has 4 N–H and O–H groups in total. The number of aromatic amines is 1. The molecule has 0 saturated carbocycles. The molecule has 0 saturated heterocycles. The second-order valence-electron chi connectivity index (χ2n) is 3.76. The van der Waals surface area contributed by atoms with Gasteiger partial charge in [-0.1, -0.05) is 0 Å². The van der Waals surface area contributed by atoms with Crippen molar-refractivity contribution in [1.29, 1.82) is 0 Å². The van der Waals surface area contributed by atoms with E-state index in [2.05, 4.69) is 15.5 Å². The largest absolute Gasteiger partial charge is 0.395 e. The second-order valence-corrected chi connectivity index (χ2v) is 3.76. The van der Waals surface area contributed by atoms with Gasteiger partial charge < -0.3 is 16.0 Å². The van der Waals surface area contributed by atoms with Crippen molar-refractivity contribution in [3.05, 3.63) is 11.4 Å². The first-order valence-electron chi connectivity index (χ1n) is 5.23. The molecule has 0 spiro atoms. The molecule has 0 unspecified atom stereocenters. The van der Waals surface area contributed by atoms with E-state index in [1.165, 1.54) is 4.90 Å². The third-order valence-electron chi connectivity index (χ3n) is 2.50. The van der Waals surface area contributed by atoms with Crippen molar-refractivity contribution < 1.29 is 9.59 Å². The number of aromatic nitrogens is 2. The lowest BCUT2D eigenvalue weighted by molar-refractivity contribution is -0.120. The Bertz CT molecular complexity index is 426. The Hall–Kier alpha value is -2.05. The zero-order valence-electron chi connectivity index (χ0n) is 10.2. The molecule has 94 valence electrons. The van der Waals surface area contributed by atoms with Crippen molar-refractivity contribution in [2.24, 2.45) is 0 Å². The van der Waals surface area contributed by atoms with Crippen LogP contribution in [0.15, 0.2) is 0 Å². The maximum Gasteiger partial charge on any atom is 0.276 e. The Balaban J connectivity index is 2.64. The number of nitrogens with two attached hydrogens (primary N) is 1. The van der Waals surface area contributed by atoms with Crippen LogP contribution < -0.4 is 11.1 Å². The van der Waals surface area contributed by atoms with Crippen LogP contribution in [-0.2, 0) is 4.79 Å². The van der Waals surface area contributed by atoms with Gasteiger partial charge >= 0.3 is 0 Å². The zero-order chi connectivity index (χ0) is 13.0. The highest BCUT2D eigenvalue weighted by molar-refractivity contribution is 5.97. The van der Waals surface area contributed by atoms with Crippen LogP contribution >= 0.6 is 0 Å². The minimum absolute atomic E-state index is 0.115. The first-order chi connectivity index (χ1) is 7.97. The van der Waals surface area contributed by atoms with E-state index >= 15 is 0 Å². The van der Waals surface area contributed by atoms with Gasteiger partial charge in [-0.05, 0) is 6.92 Å². The Labute approximate surface area is 99.4 Å². The average molecular weight is 239 g/mol. The molecule has 1 heterocycles. The van der Waals surface area contributed by atoms with E-state index < -0.39 is 0 Å². The molecular weight excluding hydrogens is 222 g/mol. The summed E-state index contributed by atoms with van der Waals surface area (Å²) in [6, 6.07) is 0. The van der Waals surface area contributed by atoms with E-state index in [0.717, 1.165) is 0 Å². The number of hydrogen-bond donors (Lipinski definition) is 3. The number of nitrogens with one attached hydrogen (secondary N) is 2. The smallest absolute Gasteiger partial charge is 0.276 e. The molecule has 1 aromatic rings. The van der Waals surface area contributed by atoms with Crippen LogP contribution in [0.3, 0.4) is 0 Å². The van der Waals surface area contributed by atoms with E-state index in [1.807, 2.05) is 0 Å². The van der Waals surface area contributed by atoms with Crippen LogP contribution in [0.2, 0.25) is 0 Å². The Morgan fingerprint density at radius 1 is 1.53 bits per heavy atom. The molecule has 1 aromatic heterocycles. The standard InChI is InChI=1S/C10H17N5O2/c1-6-8(11)9(14-13-6)10(17)15(3)5-4-7(16)12-2/h4-5,11H2,1-3H3,(H,12,16)(H,13,14). The lowest BCUT2D eigenvalue weighted by Crippen LogP contribution is -2.32. The fraction of sp³-hybridized carbons (Fsp3) is 0.500. The minimum atomic E-state index is -0.296. The summed E-state index contributed by atoms with van der Waals surface area (Å²) in [4.78, 5) is 24.4. The van der Waals surface area contributed by atoms with E-state index in [4.69, 9.17) is 5.73 Å². The highest BCUT2D eigenvalue weighted by Gasteiger charge is 2.19. The van der Waals surface area contributed by atoms with Gasteiger partial charge in [0.2, 0.25) is 5.91 Å². The van der Waals surface area contributed by atoms with Crippen molar-refractivity contribution in [1.82, 2.24) is 20.4 Å². The van der Waals surface area contributed by atoms with Crippen LogP contribution in [0.25, 0.3) is 0 Å². The predicted molar refractivity (Wildman–Crippen MR) is 63.4 cm³/mol. The second kappa shape index (κ2) is 5.33. The molecule has 0 atom stereocenters. The third-order valence-corrected chi connectivity index (χ3v) is 2.50. The summed E-state index contributed by atoms with van der Waals surface area (Å²) in [6.45, 7) is 2.06. The molecule has 1 rings (SSSR count). The molecule has 7 heteroatoms. The van der Waals surface area contributed by atoms with Gasteiger partial charge in [-0.15, -0.1) is 0 Å². The fourth-order valence-electron chi connectivity index (χ4n) is 1.28. The molecule has 0 aliphatic carbocycles. The van der Waals surface area contributed by atoms with E-state index in [-0.39, 0.29) is 23.9 Å². The Morgan fingerprint density at radius 2 is 2.18 bits per heavy atom. The van der Waals surface area contributed by atoms with Crippen LogP contribution in [0.1, 0.15) is 22.6 Å². The molecule has 2 amide bonds. The van der Waals surface area contributed by atoms with Gasteiger partial charge in [-0.25, -0.2) is 0 Å². The van der Waals surface area contributed by atoms with Crippen molar-refractivity contribution in [2.45, 2.75) is 13.3 Å². The van der Waals surface area contributed by atoms with Gasteiger partial charge in [0, 0.05) is 27.1 Å². The molecule has 17 heavy (non-hydrogen) atoms. The number of anilines is 1. The first-order valence-corrected chi connectivity index (χ1v) is 5.23. The number of hydrogen-bond acceptors (Lipinski definition) is 4. The van der Waals surface area contributed by atoms with E-state index in [9.17, 15) is 9.59 Å². The molecule has 0 aliphatic rings. The maximum atomic E-state index is 11.9. The van der Waals surface area contributed by atoms with E-state index in [0.29, 0.717) is 17.9 Å². The minimum Gasteiger partial charge on any atom is -0.395 e. The molecular formula is C10H17N5O2. The fourth-order valence-corrected chi connectivity index (χ4v) is 1.28. The number of nitrogen functional groups attached to an aromatic ring is 1. The van der Waals surface area contributed by atoms with Crippen molar-refractivity contribution in [3.63, 3.8) is 0 Å². The molecule has 0 aromatic carbocycles. The molecule has 7 nitrogen and oxygen atoms in total. The number of nitrogens with zero attached hydrogens (tertiary/aromatic N) is 2. The van der Waals surface area contributed by atoms with Crippen LogP contribution in [0.5, 0.6) is 0 Å². The normalized spacial score (nSPS) is 10.1. The van der Waals surface area contributed by atoms with Crippen molar-refractivity contribution in [2.75, 3.05) is 26.4 Å². The number of carbonyl (C=O) groups is 2. The summed E-state index contributed by atoms with van der Waals surface area (Å²) in [7, 11) is 3.16. The van der Waals surface area contributed by atoms with Gasteiger partial charge in [-0.3, -0.25) is 14.7 Å². The quantitative estimate of drug-likeness (QED) is 0.659. The molecule has 0 aliphatic heterocycles. The SMILES string of the molecule is CNC(=O)CCN(C)C(=O)c1n[nH]c(C)c1N. The summed E-state index contributed by atoms with van der Waals surface area (Å²) in [5.74, 6) is -0.411. The summed E-state index contributed by atoms with van der Waals surface area (Å²) in [5.41, 5.74) is 6.91.